The topological polar surface area (TPSA) is 75.3 Å². The van der Waals surface area contributed by atoms with Gasteiger partial charge in [0.15, 0.2) is 0 Å². The highest BCUT2D eigenvalue weighted by Gasteiger charge is 2.18. The van der Waals surface area contributed by atoms with Crippen molar-refractivity contribution >= 4 is 44.8 Å². The fourth-order valence-corrected chi connectivity index (χ4v) is 3.69. The zero-order valence-corrected chi connectivity index (χ0v) is 15.4. The van der Waals surface area contributed by atoms with Gasteiger partial charge in [-0.15, -0.1) is 0 Å². The van der Waals surface area contributed by atoms with Crippen LogP contribution < -0.4 is 10.0 Å². The van der Waals surface area contributed by atoms with Crippen molar-refractivity contribution in [3.63, 3.8) is 0 Å². The smallest absolute Gasteiger partial charge is 0.261 e. The van der Waals surface area contributed by atoms with Crippen LogP contribution in [0.4, 0.5) is 5.69 Å². The Labute approximate surface area is 151 Å². The van der Waals surface area contributed by atoms with Gasteiger partial charge in [0.2, 0.25) is 0 Å². The summed E-state index contributed by atoms with van der Waals surface area (Å²) >= 11 is 11.8. The highest BCUT2D eigenvalue weighted by molar-refractivity contribution is 7.92. The molecule has 24 heavy (non-hydrogen) atoms. The van der Waals surface area contributed by atoms with Gasteiger partial charge in [0.05, 0.1) is 10.6 Å². The van der Waals surface area contributed by atoms with Crippen molar-refractivity contribution in [2.24, 2.45) is 0 Å². The molecule has 0 bridgehead atoms. The molecule has 2 aromatic rings. The molecule has 1 amide bonds. The van der Waals surface area contributed by atoms with Gasteiger partial charge in [-0.1, -0.05) is 29.3 Å². The number of carbonyl (C=O) groups excluding carboxylic acids is 1. The number of nitrogens with one attached hydrogen (secondary N) is 2. The van der Waals surface area contributed by atoms with Gasteiger partial charge in [-0.25, -0.2) is 8.42 Å². The third-order valence-corrected chi connectivity index (χ3v) is 5.03. The zero-order chi connectivity index (χ0) is 17.9. The van der Waals surface area contributed by atoms with Crippen LogP contribution in [0.1, 0.15) is 22.8 Å². The van der Waals surface area contributed by atoms with Crippen LogP contribution in [-0.2, 0) is 10.0 Å². The molecule has 0 aliphatic carbocycles. The molecule has 0 spiro atoms. The molecular formula is C16H16Cl2N2O3S. The van der Waals surface area contributed by atoms with Gasteiger partial charge in [0.1, 0.15) is 0 Å². The lowest BCUT2D eigenvalue weighted by Crippen LogP contribution is -2.24. The molecule has 0 heterocycles. The second kappa shape index (κ2) is 7.42. The molecule has 0 aromatic heterocycles. The Hall–Kier alpha value is -1.76. The van der Waals surface area contributed by atoms with Crippen LogP contribution in [0.25, 0.3) is 0 Å². The van der Waals surface area contributed by atoms with Crippen molar-refractivity contribution in [1.29, 1.82) is 0 Å². The van der Waals surface area contributed by atoms with Crippen LogP contribution in [0, 0.1) is 6.92 Å². The number of amides is 1. The first-order chi connectivity index (χ1) is 11.2. The van der Waals surface area contributed by atoms with E-state index in [0.717, 1.165) is 0 Å². The van der Waals surface area contributed by atoms with Crippen LogP contribution in [0.5, 0.6) is 0 Å². The SMILES string of the molecule is CCNC(=O)c1cc(S(=O)(=O)Nc2cc(Cl)cc(Cl)c2)ccc1C. The molecule has 0 saturated heterocycles. The first-order valence-electron chi connectivity index (χ1n) is 7.10. The average molecular weight is 387 g/mol. The molecule has 0 unspecified atom stereocenters. The number of sulfonamides is 1. The van der Waals surface area contributed by atoms with Crippen molar-refractivity contribution in [2.45, 2.75) is 18.7 Å². The summed E-state index contributed by atoms with van der Waals surface area (Å²) < 4.78 is 27.5. The summed E-state index contributed by atoms with van der Waals surface area (Å²) in [5, 5.41) is 3.28. The van der Waals surface area contributed by atoms with E-state index in [2.05, 4.69) is 10.0 Å². The molecule has 0 aliphatic rings. The number of carbonyl (C=O) groups is 1. The Bertz CT molecular complexity index is 863. The Morgan fingerprint density at radius 3 is 2.29 bits per heavy atom. The van der Waals surface area contributed by atoms with E-state index in [9.17, 15) is 13.2 Å². The van der Waals surface area contributed by atoms with E-state index < -0.39 is 10.0 Å². The maximum atomic E-state index is 12.5. The van der Waals surface area contributed by atoms with E-state index in [4.69, 9.17) is 23.2 Å². The number of halogens is 2. The second-order valence-electron chi connectivity index (χ2n) is 5.10. The number of benzene rings is 2. The minimum atomic E-state index is -3.88. The fraction of sp³-hybridized carbons (Fsp3) is 0.188. The summed E-state index contributed by atoms with van der Waals surface area (Å²) in [6, 6.07) is 8.76. The van der Waals surface area contributed by atoms with E-state index in [0.29, 0.717) is 27.7 Å². The summed E-state index contributed by atoms with van der Waals surface area (Å²) in [7, 11) is -3.88. The highest BCUT2D eigenvalue weighted by atomic mass is 35.5. The molecule has 2 N–H and O–H groups in total. The van der Waals surface area contributed by atoms with Gasteiger partial charge in [-0.3, -0.25) is 9.52 Å². The van der Waals surface area contributed by atoms with E-state index in [1.165, 1.54) is 30.3 Å². The normalized spacial score (nSPS) is 11.2. The van der Waals surface area contributed by atoms with Crippen LogP contribution in [0.15, 0.2) is 41.3 Å². The van der Waals surface area contributed by atoms with Crippen LogP contribution >= 0.6 is 23.2 Å². The minimum Gasteiger partial charge on any atom is -0.352 e. The lowest BCUT2D eigenvalue weighted by molar-refractivity contribution is 0.0955. The predicted molar refractivity (Wildman–Crippen MR) is 96.5 cm³/mol. The van der Waals surface area contributed by atoms with E-state index in [1.54, 1.807) is 19.9 Å². The highest BCUT2D eigenvalue weighted by Crippen LogP contribution is 2.25. The molecule has 0 saturated carbocycles. The monoisotopic (exact) mass is 386 g/mol. The Morgan fingerprint density at radius 2 is 1.71 bits per heavy atom. The van der Waals surface area contributed by atoms with Crippen molar-refractivity contribution in [1.82, 2.24) is 5.32 Å². The quantitative estimate of drug-likeness (QED) is 0.818. The zero-order valence-electron chi connectivity index (χ0n) is 13.1. The first-order valence-corrected chi connectivity index (χ1v) is 9.34. The fourth-order valence-electron chi connectivity index (χ4n) is 2.10. The van der Waals surface area contributed by atoms with Gasteiger partial charge >= 0.3 is 0 Å². The summed E-state index contributed by atoms with van der Waals surface area (Å²) in [4.78, 5) is 12.0. The maximum Gasteiger partial charge on any atom is 0.261 e. The Balaban J connectivity index is 2.39. The number of rotatable bonds is 5. The lowest BCUT2D eigenvalue weighted by atomic mass is 10.1. The summed E-state index contributed by atoms with van der Waals surface area (Å²) in [5.74, 6) is -0.321. The molecule has 0 fully saturated rings. The van der Waals surface area contributed by atoms with Gasteiger partial charge in [-0.2, -0.15) is 0 Å². The Kier molecular flexibility index (Phi) is 5.74. The van der Waals surface area contributed by atoms with Crippen LogP contribution in [0.2, 0.25) is 10.0 Å². The predicted octanol–water partition coefficient (Wildman–Crippen LogP) is 3.85. The number of aryl methyl sites for hydroxylation is 1. The summed E-state index contributed by atoms with van der Waals surface area (Å²) in [5.41, 5.74) is 1.24. The molecule has 0 radical (unpaired) electrons. The number of anilines is 1. The van der Waals surface area contributed by atoms with Gasteiger partial charge < -0.3 is 5.32 Å². The third-order valence-electron chi connectivity index (χ3n) is 3.22. The molecule has 2 rings (SSSR count). The van der Waals surface area contributed by atoms with E-state index in [1.807, 2.05) is 0 Å². The first kappa shape index (κ1) is 18.6. The van der Waals surface area contributed by atoms with Gasteiger partial charge in [0.25, 0.3) is 15.9 Å². The molecular weight excluding hydrogens is 371 g/mol. The molecule has 128 valence electrons. The third kappa shape index (κ3) is 4.41. The van der Waals surface area contributed by atoms with Gasteiger partial charge in [0, 0.05) is 22.2 Å². The summed E-state index contributed by atoms with van der Waals surface area (Å²) in [6.45, 7) is 3.98. The van der Waals surface area contributed by atoms with Gasteiger partial charge in [-0.05, 0) is 49.7 Å². The van der Waals surface area contributed by atoms with Crippen LogP contribution in [0.3, 0.4) is 0 Å². The maximum absolute atomic E-state index is 12.5. The van der Waals surface area contributed by atoms with Crippen molar-refractivity contribution in [2.75, 3.05) is 11.3 Å². The van der Waals surface area contributed by atoms with E-state index in [-0.39, 0.29) is 16.5 Å². The average Bonchev–Trinajstić information content (AvgIpc) is 2.45. The molecule has 8 heteroatoms. The second-order valence-corrected chi connectivity index (χ2v) is 7.66. The van der Waals surface area contributed by atoms with Crippen molar-refractivity contribution in [3.05, 3.63) is 57.6 Å². The molecule has 5 nitrogen and oxygen atoms in total. The molecule has 2 aromatic carbocycles. The molecule has 0 aliphatic heterocycles. The molecule has 0 atom stereocenters. The lowest BCUT2D eigenvalue weighted by Gasteiger charge is -2.12. The van der Waals surface area contributed by atoms with Crippen LogP contribution in [-0.4, -0.2) is 20.9 Å². The Morgan fingerprint density at radius 1 is 1.08 bits per heavy atom. The standard InChI is InChI=1S/C16H16Cl2N2O3S/c1-3-19-16(21)15-9-14(5-4-10(15)2)24(22,23)20-13-7-11(17)6-12(18)8-13/h4-9,20H,3H2,1-2H3,(H,19,21). The van der Waals surface area contributed by atoms with Crippen molar-refractivity contribution in [3.8, 4) is 0 Å². The number of hydrogen-bond donors (Lipinski definition) is 2. The number of hydrogen-bond acceptors (Lipinski definition) is 3. The largest absolute Gasteiger partial charge is 0.352 e. The summed E-state index contributed by atoms with van der Waals surface area (Å²) in [6.07, 6.45) is 0. The van der Waals surface area contributed by atoms with E-state index >= 15 is 0 Å². The minimum absolute atomic E-state index is 0.0227. The van der Waals surface area contributed by atoms with Crippen molar-refractivity contribution < 1.29 is 13.2 Å².